The molecule has 4 aromatic rings. The molecule has 190 valence electrons. The first-order valence-electron chi connectivity index (χ1n) is 12.5. The molecule has 0 saturated carbocycles. The average molecular weight is 498 g/mol. The third-order valence-electron chi connectivity index (χ3n) is 6.09. The molecule has 0 radical (unpaired) electrons. The van der Waals surface area contributed by atoms with Crippen molar-refractivity contribution in [1.82, 2.24) is 19.9 Å². The number of piperidine rings is 1. The summed E-state index contributed by atoms with van der Waals surface area (Å²) >= 11 is 0. The maximum absolute atomic E-state index is 12.6. The second-order valence-corrected chi connectivity index (χ2v) is 10.2. The summed E-state index contributed by atoms with van der Waals surface area (Å²) in [7, 11) is 0. The van der Waals surface area contributed by atoms with Gasteiger partial charge in [-0.1, -0.05) is 18.2 Å². The highest BCUT2D eigenvalue weighted by atomic mass is 16.6. The molecule has 0 aliphatic carbocycles. The largest absolute Gasteiger partial charge is 0.457 e. The lowest BCUT2D eigenvalue weighted by Gasteiger charge is -2.34. The second kappa shape index (κ2) is 10.4. The van der Waals surface area contributed by atoms with Crippen LogP contribution in [0.15, 0.2) is 73.1 Å². The molecule has 2 aromatic heterocycles. The zero-order valence-corrected chi connectivity index (χ0v) is 21.3. The molecule has 37 heavy (non-hydrogen) atoms. The van der Waals surface area contributed by atoms with Crippen molar-refractivity contribution in [2.24, 2.45) is 0 Å². The molecule has 1 atom stereocenters. The highest BCUT2D eigenvalue weighted by Gasteiger charge is 2.29. The van der Waals surface area contributed by atoms with Gasteiger partial charge < -0.3 is 19.7 Å². The standard InChI is InChI=1S/C29H31N5O3/c1-29(2,3)37-28(35)34-17-7-8-20(18-34)24-15-16-25-26(33-24)27(31-19-30-25)32-21-11-13-23(14-12-21)36-22-9-5-4-6-10-22/h4-6,9-16,19-20H,7-8,17-18H2,1-3H3,(H,30,31,32). The number of nitrogens with one attached hydrogen (secondary N) is 1. The minimum atomic E-state index is -0.519. The molecule has 3 heterocycles. The summed E-state index contributed by atoms with van der Waals surface area (Å²) in [6, 6.07) is 21.3. The number of nitrogens with zero attached hydrogens (tertiary/aromatic N) is 4. The Bertz CT molecular complexity index is 1370. The molecule has 8 nitrogen and oxygen atoms in total. The second-order valence-electron chi connectivity index (χ2n) is 10.2. The van der Waals surface area contributed by atoms with E-state index in [1.54, 1.807) is 4.90 Å². The molecular formula is C29H31N5O3. The van der Waals surface area contributed by atoms with Crippen LogP contribution in [0.2, 0.25) is 0 Å². The minimum Gasteiger partial charge on any atom is -0.457 e. The van der Waals surface area contributed by atoms with E-state index in [0.29, 0.717) is 24.4 Å². The number of aromatic nitrogens is 3. The van der Waals surface area contributed by atoms with E-state index >= 15 is 0 Å². The molecule has 1 saturated heterocycles. The van der Waals surface area contributed by atoms with Crippen LogP contribution < -0.4 is 10.1 Å². The zero-order valence-electron chi connectivity index (χ0n) is 21.3. The zero-order chi connectivity index (χ0) is 25.8. The number of fused-ring (bicyclic) bond motifs is 1. The molecular weight excluding hydrogens is 466 g/mol. The van der Waals surface area contributed by atoms with Gasteiger partial charge in [0.1, 0.15) is 28.9 Å². The van der Waals surface area contributed by atoms with E-state index in [1.165, 1.54) is 6.33 Å². The molecule has 1 amide bonds. The van der Waals surface area contributed by atoms with Gasteiger partial charge in [0, 0.05) is 30.4 Å². The van der Waals surface area contributed by atoms with Crippen molar-refractivity contribution >= 4 is 28.6 Å². The smallest absolute Gasteiger partial charge is 0.410 e. The number of carbonyl (C=O) groups is 1. The SMILES string of the molecule is CC(C)(C)OC(=O)N1CCCC(c2ccc3ncnc(Nc4ccc(Oc5ccccc5)cc4)c3n2)C1. The Morgan fingerprint density at radius 2 is 1.73 bits per heavy atom. The lowest BCUT2D eigenvalue weighted by Crippen LogP contribution is -2.42. The number of amides is 1. The van der Waals surface area contributed by atoms with Crippen LogP contribution in [0, 0.1) is 0 Å². The Hall–Kier alpha value is -4.20. The quantitative estimate of drug-likeness (QED) is 0.329. The number of rotatable bonds is 5. The van der Waals surface area contributed by atoms with Gasteiger partial charge in [0.2, 0.25) is 0 Å². The van der Waals surface area contributed by atoms with Crippen molar-refractivity contribution in [3.8, 4) is 11.5 Å². The van der Waals surface area contributed by atoms with Crippen LogP contribution in [0.5, 0.6) is 11.5 Å². The van der Waals surface area contributed by atoms with Gasteiger partial charge in [0.05, 0.1) is 5.52 Å². The predicted octanol–water partition coefficient (Wildman–Crippen LogP) is 6.68. The van der Waals surface area contributed by atoms with Gasteiger partial charge >= 0.3 is 6.09 Å². The molecule has 2 aromatic carbocycles. The molecule has 1 unspecified atom stereocenters. The Kier molecular flexibility index (Phi) is 6.90. The number of para-hydroxylation sites is 1. The van der Waals surface area contributed by atoms with E-state index in [-0.39, 0.29) is 12.0 Å². The summed E-state index contributed by atoms with van der Waals surface area (Å²) in [6.07, 6.45) is 3.11. The summed E-state index contributed by atoms with van der Waals surface area (Å²) in [4.78, 5) is 28.2. The molecule has 8 heteroatoms. The van der Waals surface area contributed by atoms with E-state index in [0.717, 1.165) is 41.2 Å². The first kappa shape index (κ1) is 24.5. The molecule has 1 N–H and O–H groups in total. The number of likely N-dealkylation sites (tertiary alicyclic amines) is 1. The first-order valence-corrected chi connectivity index (χ1v) is 12.5. The molecule has 1 fully saturated rings. The minimum absolute atomic E-state index is 0.119. The van der Waals surface area contributed by atoms with Gasteiger partial charge in [0.15, 0.2) is 5.82 Å². The Balaban J connectivity index is 1.33. The monoisotopic (exact) mass is 497 g/mol. The van der Waals surface area contributed by atoms with Crippen molar-refractivity contribution in [3.63, 3.8) is 0 Å². The summed E-state index contributed by atoms with van der Waals surface area (Å²) in [5.41, 5.74) is 2.71. The van der Waals surface area contributed by atoms with Gasteiger partial charge in [-0.2, -0.15) is 0 Å². The Labute approximate surface area is 216 Å². The van der Waals surface area contributed by atoms with Crippen LogP contribution in [0.4, 0.5) is 16.3 Å². The fraction of sp³-hybridized carbons (Fsp3) is 0.310. The summed E-state index contributed by atoms with van der Waals surface area (Å²) in [6.45, 7) is 6.92. The van der Waals surface area contributed by atoms with Gasteiger partial charge in [0.25, 0.3) is 0 Å². The third kappa shape index (κ3) is 6.14. The number of anilines is 2. The van der Waals surface area contributed by atoms with Gasteiger partial charge in [-0.25, -0.2) is 19.7 Å². The van der Waals surface area contributed by atoms with E-state index in [2.05, 4.69) is 15.3 Å². The highest BCUT2D eigenvalue weighted by Crippen LogP contribution is 2.30. The first-order chi connectivity index (χ1) is 17.8. The molecule has 1 aliphatic rings. The van der Waals surface area contributed by atoms with Crippen LogP contribution in [-0.4, -0.2) is 44.6 Å². The molecule has 0 bridgehead atoms. The maximum atomic E-state index is 12.6. The van der Waals surface area contributed by atoms with Crippen molar-refractivity contribution in [2.45, 2.75) is 45.1 Å². The number of pyridine rings is 1. The van der Waals surface area contributed by atoms with E-state index < -0.39 is 5.60 Å². The molecule has 0 spiro atoms. The van der Waals surface area contributed by atoms with Gasteiger partial charge in [-0.15, -0.1) is 0 Å². The third-order valence-corrected chi connectivity index (χ3v) is 6.09. The lowest BCUT2D eigenvalue weighted by atomic mass is 9.94. The van der Waals surface area contributed by atoms with E-state index in [9.17, 15) is 4.79 Å². The van der Waals surface area contributed by atoms with Crippen LogP contribution >= 0.6 is 0 Å². The maximum Gasteiger partial charge on any atom is 0.410 e. The van der Waals surface area contributed by atoms with E-state index in [1.807, 2.05) is 87.5 Å². The van der Waals surface area contributed by atoms with Gasteiger partial charge in [-0.05, 0) is 82.1 Å². The summed E-state index contributed by atoms with van der Waals surface area (Å²) in [5, 5.41) is 3.37. The van der Waals surface area contributed by atoms with Crippen molar-refractivity contribution in [2.75, 3.05) is 18.4 Å². The van der Waals surface area contributed by atoms with Crippen LogP contribution in [0.1, 0.15) is 45.2 Å². The van der Waals surface area contributed by atoms with Crippen molar-refractivity contribution in [3.05, 3.63) is 78.8 Å². The number of hydrogen-bond acceptors (Lipinski definition) is 7. The van der Waals surface area contributed by atoms with Crippen LogP contribution in [-0.2, 0) is 4.74 Å². The fourth-order valence-corrected chi connectivity index (χ4v) is 4.35. The van der Waals surface area contributed by atoms with Crippen molar-refractivity contribution < 1.29 is 14.3 Å². The summed E-state index contributed by atoms with van der Waals surface area (Å²) < 4.78 is 11.5. The number of ether oxygens (including phenoxy) is 2. The Morgan fingerprint density at radius 1 is 0.973 bits per heavy atom. The lowest BCUT2D eigenvalue weighted by molar-refractivity contribution is 0.0197. The fourth-order valence-electron chi connectivity index (χ4n) is 4.35. The van der Waals surface area contributed by atoms with Crippen LogP contribution in [0.25, 0.3) is 11.0 Å². The van der Waals surface area contributed by atoms with Crippen molar-refractivity contribution in [1.29, 1.82) is 0 Å². The summed E-state index contributed by atoms with van der Waals surface area (Å²) in [5.74, 6) is 2.28. The topological polar surface area (TPSA) is 89.5 Å². The van der Waals surface area contributed by atoms with E-state index in [4.69, 9.17) is 14.5 Å². The number of carbonyl (C=O) groups excluding carboxylic acids is 1. The number of hydrogen-bond donors (Lipinski definition) is 1. The predicted molar refractivity (Wildman–Crippen MR) is 143 cm³/mol. The normalized spacial score (nSPS) is 15.9. The van der Waals surface area contributed by atoms with Gasteiger partial charge in [-0.3, -0.25) is 0 Å². The molecule has 1 aliphatic heterocycles. The number of benzene rings is 2. The highest BCUT2D eigenvalue weighted by molar-refractivity contribution is 5.87. The Morgan fingerprint density at radius 3 is 2.49 bits per heavy atom. The van der Waals surface area contributed by atoms with Crippen LogP contribution in [0.3, 0.4) is 0 Å². The molecule has 5 rings (SSSR count). The average Bonchev–Trinajstić information content (AvgIpc) is 2.89.